The maximum absolute atomic E-state index is 11.6. The third kappa shape index (κ3) is 3.02. The molecule has 1 aromatic rings. The fourth-order valence-corrected chi connectivity index (χ4v) is 2.11. The number of hydrogen-bond acceptors (Lipinski definition) is 3. The first kappa shape index (κ1) is 12.2. The molecule has 0 fully saturated rings. The summed E-state index contributed by atoms with van der Waals surface area (Å²) < 4.78 is 24.4. The fraction of sp³-hybridized carbons (Fsp3) is 0.400. The second kappa shape index (κ2) is 4.74. The zero-order valence-electron chi connectivity index (χ0n) is 8.84. The molecule has 0 spiro atoms. The second-order valence-corrected chi connectivity index (χ2v) is 5.65. The van der Waals surface area contributed by atoms with Crippen molar-refractivity contribution in [1.82, 2.24) is 4.31 Å². The van der Waals surface area contributed by atoms with E-state index in [4.69, 9.17) is 5.11 Å². The van der Waals surface area contributed by atoms with E-state index in [0.29, 0.717) is 11.1 Å². The van der Waals surface area contributed by atoms with Crippen molar-refractivity contribution in [1.29, 1.82) is 0 Å². The Morgan fingerprint density at radius 3 is 2.20 bits per heavy atom. The first-order chi connectivity index (χ1) is 6.97. The molecule has 15 heavy (non-hydrogen) atoms. The smallest absolute Gasteiger partial charge is 0.217 e. The summed E-state index contributed by atoms with van der Waals surface area (Å²) in [5.41, 5.74) is 1.30. The lowest BCUT2D eigenvalue weighted by Crippen LogP contribution is -2.24. The summed E-state index contributed by atoms with van der Waals surface area (Å²) >= 11 is 0. The lowest BCUT2D eigenvalue weighted by molar-refractivity contribution is 0.281. The summed E-state index contributed by atoms with van der Waals surface area (Å²) in [6, 6.07) is 6.98. The van der Waals surface area contributed by atoms with E-state index in [1.807, 2.05) is 0 Å². The van der Waals surface area contributed by atoms with Crippen LogP contribution in [0.2, 0.25) is 0 Å². The molecule has 0 atom stereocenters. The second-order valence-electron chi connectivity index (χ2n) is 3.47. The first-order valence-corrected chi connectivity index (χ1v) is 6.16. The van der Waals surface area contributed by atoms with E-state index in [1.165, 1.54) is 18.4 Å². The van der Waals surface area contributed by atoms with E-state index in [0.717, 1.165) is 0 Å². The molecule has 4 nitrogen and oxygen atoms in total. The number of aliphatic hydroxyl groups is 1. The van der Waals surface area contributed by atoms with Gasteiger partial charge in [0.05, 0.1) is 12.4 Å². The predicted molar refractivity (Wildman–Crippen MR) is 58.7 cm³/mol. The van der Waals surface area contributed by atoms with Crippen molar-refractivity contribution in [2.24, 2.45) is 0 Å². The number of rotatable bonds is 4. The van der Waals surface area contributed by atoms with Crippen molar-refractivity contribution in [3.05, 3.63) is 35.4 Å². The van der Waals surface area contributed by atoms with Gasteiger partial charge in [-0.25, -0.2) is 12.7 Å². The van der Waals surface area contributed by atoms with Crippen LogP contribution in [0.1, 0.15) is 11.1 Å². The van der Waals surface area contributed by atoms with Crippen LogP contribution in [0.4, 0.5) is 0 Å². The minimum absolute atomic E-state index is 0.0727. The highest BCUT2D eigenvalue weighted by molar-refractivity contribution is 7.88. The highest BCUT2D eigenvalue weighted by atomic mass is 32.2. The molecule has 0 amide bonds. The lowest BCUT2D eigenvalue weighted by Gasteiger charge is -2.12. The molecule has 0 aliphatic carbocycles. The summed E-state index contributed by atoms with van der Waals surface area (Å²) in [6.45, 7) is -0.140. The van der Waals surface area contributed by atoms with Crippen molar-refractivity contribution in [3.63, 3.8) is 0 Å². The molecule has 1 rings (SSSR count). The maximum Gasteiger partial charge on any atom is 0.217 e. The SMILES string of the molecule is CN(C)S(=O)(=O)Cc1ccccc1CO. The average Bonchev–Trinajstić information content (AvgIpc) is 2.18. The minimum atomic E-state index is -3.26. The van der Waals surface area contributed by atoms with Gasteiger partial charge in [-0.1, -0.05) is 24.3 Å². The highest BCUT2D eigenvalue weighted by Gasteiger charge is 2.16. The monoisotopic (exact) mass is 229 g/mol. The number of sulfonamides is 1. The first-order valence-electron chi connectivity index (χ1n) is 4.55. The van der Waals surface area contributed by atoms with Crippen LogP contribution in [0.15, 0.2) is 24.3 Å². The molecule has 0 saturated heterocycles. The topological polar surface area (TPSA) is 57.6 Å². The van der Waals surface area contributed by atoms with E-state index in [1.54, 1.807) is 24.3 Å². The summed E-state index contributed by atoms with van der Waals surface area (Å²) in [5.74, 6) is -0.0727. The Bertz CT molecular complexity index is 426. The normalized spacial score (nSPS) is 12.0. The van der Waals surface area contributed by atoms with Crippen LogP contribution < -0.4 is 0 Å². The summed E-state index contributed by atoms with van der Waals surface area (Å²) in [6.07, 6.45) is 0. The van der Waals surface area contributed by atoms with Gasteiger partial charge in [0.25, 0.3) is 0 Å². The zero-order chi connectivity index (χ0) is 11.5. The van der Waals surface area contributed by atoms with Crippen LogP contribution in [-0.4, -0.2) is 31.9 Å². The third-order valence-electron chi connectivity index (χ3n) is 2.18. The number of benzene rings is 1. The van der Waals surface area contributed by atoms with E-state index >= 15 is 0 Å². The van der Waals surface area contributed by atoms with Crippen LogP contribution >= 0.6 is 0 Å². The molecular weight excluding hydrogens is 214 g/mol. The zero-order valence-corrected chi connectivity index (χ0v) is 9.66. The Morgan fingerprint density at radius 1 is 1.20 bits per heavy atom. The van der Waals surface area contributed by atoms with Gasteiger partial charge in [0, 0.05) is 14.1 Å². The van der Waals surface area contributed by atoms with Gasteiger partial charge in [-0.15, -0.1) is 0 Å². The van der Waals surface area contributed by atoms with E-state index in [2.05, 4.69) is 0 Å². The maximum atomic E-state index is 11.6. The van der Waals surface area contributed by atoms with Gasteiger partial charge < -0.3 is 5.11 Å². The Balaban J connectivity index is 3.00. The molecule has 84 valence electrons. The van der Waals surface area contributed by atoms with Crippen molar-refractivity contribution >= 4 is 10.0 Å². The molecule has 1 N–H and O–H groups in total. The van der Waals surface area contributed by atoms with Gasteiger partial charge in [-0.3, -0.25) is 0 Å². The third-order valence-corrected chi connectivity index (χ3v) is 3.97. The predicted octanol–water partition coefficient (Wildman–Crippen LogP) is 0.570. The molecule has 0 saturated carbocycles. The summed E-state index contributed by atoms with van der Waals surface area (Å²) in [4.78, 5) is 0. The average molecular weight is 229 g/mol. The van der Waals surface area contributed by atoms with Gasteiger partial charge in [0.2, 0.25) is 10.0 Å². The van der Waals surface area contributed by atoms with Crippen LogP contribution in [0.3, 0.4) is 0 Å². The Labute approximate surface area is 90.2 Å². The molecule has 1 aromatic carbocycles. The van der Waals surface area contributed by atoms with Crippen LogP contribution in [0, 0.1) is 0 Å². The van der Waals surface area contributed by atoms with Gasteiger partial charge in [0.15, 0.2) is 0 Å². The molecule has 0 unspecified atom stereocenters. The molecule has 0 radical (unpaired) electrons. The molecule has 0 aliphatic rings. The quantitative estimate of drug-likeness (QED) is 0.821. The Morgan fingerprint density at radius 2 is 1.73 bits per heavy atom. The molecule has 0 aromatic heterocycles. The summed E-state index contributed by atoms with van der Waals surface area (Å²) in [7, 11) is -0.268. The largest absolute Gasteiger partial charge is 0.392 e. The fourth-order valence-electron chi connectivity index (χ4n) is 1.18. The highest BCUT2D eigenvalue weighted by Crippen LogP contribution is 2.13. The molecular formula is C10H15NO3S. The van der Waals surface area contributed by atoms with Crippen molar-refractivity contribution < 1.29 is 13.5 Å². The number of hydrogen-bond donors (Lipinski definition) is 1. The molecule has 0 heterocycles. The standard InChI is InChI=1S/C10H15NO3S/c1-11(2)15(13,14)8-10-6-4-3-5-9(10)7-12/h3-6,12H,7-8H2,1-2H3. The summed E-state index contributed by atoms with van der Waals surface area (Å²) in [5, 5.41) is 9.05. The van der Waals surface area contributed by atoms with Crippen molar-refractivity contribution in [2.45, 2.75) is 12.4 Å². The molecule has 0 bridgehead atoms. The van der Waals surface area contributed by atoms with Crippen LogP contribution in [0.5, 0.6) is 0 Å². The Hall–Kier alpha value is -0.910. The Kier molecular flexibility index (Phi) is 3.84. The van der Waals surface area contributed by atoms with Gasteiger partial charge >= 0.3 is 0 Å². The van der Waals surface area contributed by atoms with E-state index < -0.39 is 10.0 Å². The van der Waals surface area contributed by atoms with Crippen molar-refractivity contribution in [3.8, 4) is 0 Å². The van der Waals surface area contributed by atoms with Gasteiger partial charge in [-0.05, 0) is 11.1 Å². The minimum Gasteiger partial charge on any atom is -0.392 e. The van der Waals surface area contributed by atoms with Crippen LogP contribution in [0.25, 0.3) is 0 Å². The molecule has 5 heteroatoms. The van der Waals surface area contributed by atoms with E-state index in [-0.39, 0.29) is 12.4 Å². The van der Waals surface area contributed by atoms with Crippen LogP contribution in [-0.2, 0) is 22.4 Å². The van der Waals surface area contributed by atoms with E-state index in [9.17, 15) is 8.42 Å². The van der Waals surface area contributed by atoms with Gasteiger partial charge in [-0.2, -0.15) is 0 Å². The molecule has 0 aliphatic heterocycles. The number of nitrogens with zero attached hydrogens (tertiary/aromatic N) is 1. The van der Waals surface area contributed by atoms with Gasteiger partial charge in [0.1, 0.15) is 0 Å². The van der Waals surface area contributed by atoms with Crippen molar-refractivity contribution in [2.75, 3.05) is 14.1 Å². The lowest BCUT2D eigenvalue weighted by atomic mass is 10.1. The number of aliphatic hydroxyl groups excluding tert-OH is 1.